The Balaban J connectivity index is 1.70. The minimum atomic E-state index is 0.377. The zero-order chi connectivity index (χ0) is 14.7. The zero-order valence-corrected chi connectivity index (χ0v) is 13.0. The molecule has 0 aliphatic rings. The van der Waals surface area contributed by atoms with E-state index in [1.165, 1.54) is 4.88 Å². The second-order valence-corrected chi connectivity index (χ2v) is 6.10. The molecule has 3 rings (SSSR count). The van der Waals surface area contributed by atoms with Crippen LogP contribution in [0.1, 0.15) is 23.5 Å². The highest BCUT2D eigenvalue weighted by atomic mass is 32.1. The molecule has 0 spiro atoms. The third-order valence-electron chi connectivity index (χ3n) is 3.60. The molecular formula is C17H18N2OS. The maximum Gasteiger partial charge on any atom is 0.226 e. The topological polar surface area (TPSA) is 29.3 Å². The predicted molar refractivity (Wildman–Crippen MR) is 86.1 cm³/mol. The Kier molecular flexibility index (Phi) is 4.18. The lowest BCUT2D eigenvalue weighted by Gasteiger charge is -2.22. The number of benzene rings is 1. The number of nitrogens with zero attached hydrogens (tertiary/aromatic N) is 2. The summed E-state index contributed by atoms with van der Waals surface area (Å²) in [7, 11) is 2.11. The summed E-state index contributed by atoms with van der Waals surface area (Å²) in [4.78, 5) is 8.22. The molecule has 2 aromatic heterocycles. The molecule has 0 saturated carbocycles. The van der Waals surface area contributed by atoms with Crippen molar-refractivity contribution < 1.29 is 4.42 Å². The van der Waals surface area contributed by atoms with E-state index in [-0.39, 0.29) is 0 Å². The van der Waals surface area contributed by atoms with Crippen molar-refractivity contribution in [3.63, 3.8) is 0 Å². The van der Waals surface area contributed by atoms with Gasteiger partial charge in [-0.3, -0.25) is 4.90 Å². The first-order chi connectivity index (χ1) is 10.2. The Labute approximate surface area is 128 Å². The molecule has 2 heterocycles. The Bertz CT molecular complexity index is 676. The van der Waals surface area contributed by atoms with Crippen molar-refractivity contribution in [2.75, 3.05) is 7.05 Å². The van der Waals surface area contributed by atoms with Gasteiger partial charge in [-0.05, 0) is 37.6 Å². The van der Waals surface area contributed by atoms with Crippen LogP contribution in [-0.2, 0) is 6.54 Å². The summed E-state index contributed by atoms with van der Waals surface area (Å²) in [6.45, 7) is 2.99. The maximum absolute atomic E-state index is 5.59. The van der Waals surface area contributed by atoms with Crippen molar-refractivity contribution in [2.24, 2.45) is 0 Å². The van der Waals surface area contributed by atoms with Crippen molar-refractivity contribution >= 4 is 11.3 Å². The molecule has 0 saturated heterocycles. The molecule has 0 fully saturated rings. The SMILES string of the molecule is CC(c1cccs1)N(C)Cc1coc(-c2ccccc2)n1. The smallest absolute Gasteiger partial charge is 0.226 e. The average Bonchev–Trinajstić information content (AvgIpc) is 3.19. The minimum Gasteiger partial charge on any atom is -0.444 e. The molecule has 108 valence electrons. The van der Waals surface area contributed by atoms with E-state index in [0.717, 1.165) is 17.8 Å². The van der Waals surface area contributed by atoms with Crippen LogP contribution in [0.3, 0.4) is 0 Å². The van der Waals surface area contributed by atoms with Crippen molar-refractivity contribution in [3.8, 4) is 11.5 Å². The third kappa shape index (κ3) is 3.23. The second kappa shape index (κ2) is 6.24. The van der Waals surface area contributed by atoms with Crippen LogP contribution in [0, 0.1) is 0 Å². The fourth-order valence-corrected chi connectivity index (χ4v) is 3.08. The molecule has 3 nitrogen and oxygen atoms in total. The van der Waals surface area contributed by atoms with Gasteiger partial charge in [-0.2, -0.15) is 0 Å². The summed E-state index contributed by atoms with van der Waals surface area (Å²) in [5, 5.41) is 2.11. The number of rotatable bonds is 5. The van der Waals surface area contributed by atoms with Crippen LogP contribution in [0.5, 0.6) is 0 Å². The summed E-state index contributed by atoms with van der Waals surface area (Å²) in [5.41, 5.74) is 1.97. The number of hydrogen-bond donors (Lipinski definition) is 0. The second-order valence-electron chi connectivity index (χ2n) is 5.12. The zero-order valence-electron chi connectivity index (χ0n) is 12.2. The summed E-state index contributed by atoms with van der Waals surface area (Å²) in [6, 6.07) is 14.6. The summed E-state index contributed by atoms with van der Waals surface area (Å²) in [6.07, 6.45) is 1.75. The minimum absolute atomic E-state index is 0.377. The first kappa shape index (κ1) is 14.0. The van der Waals surface area contributed by atoms with Gasteiger partial charge in [0.2, 0.25) is 5.89 Å². The molecule has 0 amide bonds. The molecule has 0 aliphatic carbocycles. The van der Waals surface area contributed by atoms with E-state index in [0.29, 0.717) is 11.9 Å². The van der Waals surface area contributed by atoms with Gasteiger partial charge in [0, 0.05) is 23.0 Å². The van der Waals surface area contributed by atoms with E-state index < -0.39 is 0 Å². The lowest BCUT2D eigenvalue weighted by molar-refractivity contribution is 0.253. The Morgan fingerprint density at radius 1 is 1.19 bits per heavy atom. The van der Waals surface area contributed by atoms with Crippen LogP contribution in [-0.4, -0.2) is 16.9 Å². The molecule has 1 unspecified atom stereocenters. The molecule has 0 radical (unpaired) electrons. The first-order valence-corrected chi connectivity index (χ1v) is 7.85. The van der Waals surface area contributed by atoms with Crippen molar-refractivity contribution in [2.45, 2.75) is 19.5 Å². The molecule has 0 N–H and O–H groups in total. The van der Waals surface area contributed by atoms with Gasteiger partial charge in [0.15, 0.2) is 0 Å². The summed E-state index contributed by atoms with van der Waals surface area (Å²) >= 11 is 1.79. The average molecular weight is 298 g/mol. The van der Waals surface area contributed by atoms with Gasteiger partial charge in [0.25, 0.3) is 0 Å². The molecule has 0 bridgehead atoms. The summed E-state index contributed by atoms with van der Waals surface area (Å²) in [5.74, 6) is 0.683. The number of aromatic nitrogens is 1. The van der Waals surface area contributed by atoms with Gasteiger partial charge >= 0.3 is 0 Å². The van der Waals surface area contributed by atoms with Crippen LogP contribution in [0.25, 0.3) is 11.5 Å². The maximum atomic E-state index is 5.59. The van der Waals surface area contributed by atoms with Gasteiger partial charge in [0.1, 0.15) is 6.26 Å². The largest absolute Gasteiger partial charge is 0.444 e. The summed E-state index contributed by atoms with van der Waals surface area (Å²) < 4.78 is 5.59. The molecule has 4 heteroatoms. The Morgan fingerprint density at radius 3 is 2.71 bits per heavy atom. The van der Waals surface area contributed by atoms with E-state index in [4.69, 9.17) is 4.42 Å². The van der Waals surface area contributed by atoms with Crippen LogP contribution < -0.4 is 0 Å². The van der Waals surface area contributed by atoms with E-state index in [1.54, 1.807) is 17.6 Å². The van der Waals surface area contributed by atoms with Crippen molar-refractivity contribution in [3.05, 3.63) is 64.7 Å². The number of hydrogen-bond acceptors (Lipinski definition) is 4. The third-order valence-corrected chi connectivity index (χ3v) is 4.64. The van der Waals surface area contributed by atoms with Crippen molar-refractivity contribution in [1.82, 2.24) is 9.88 Å². The van der Waals surface area contributed by atoms with E-state index in [1.807, 2.05) is 30.3 Å². The van der Waals surface area contributed by atoms with Gasteiger partial charge < -0.3 is 4.42 Å². The molecular weight excluding hydrogens is 280 g/mol. The van der Waals surface area contributed by atoms with Crippen LogP contribution in [0.2, 0.25) is 0 Å². The monoisotopic (exact) mass is 298 g/mol. The van der Waals surface area contributed by atoms with Gasteiger partial charge in [-0.1, -0.05) is 24.3 Å². The lowest BCUT2D eigenvalue weighted by atomic mass is 10.2. The fourth-order valence-electron chi connectivity index (χ4n) is 2.23. The quantitative estimate of drug-likeness (QED) is 0.689. The number of oxazole rings is 1. The molecule has 1 aromatic carbocycles. The van der Waals surface area contributed by atoms with Gasteiger partial charge in [0.05, 0.1) is 5.69 Å². The lowest BCUT2D eigenvalue weighted by Crippen LogP contribution is -2.21. The van der Waals surface area contributed by atoms with Crippen LogP contribution in [0.4, 0.5) is 0 Å². The highest BCUT2D eigenvalue weighted by Gasteiger charge is 2.15. The van der Waals surface area contributed by atoms with Gasteiger partial charge in [-0.15, -0.1) is 11.3 Å². The van der Waals surface area contributed by atoms with E-state index >= 15 is 0 Å². The molecule has 0 aliphatic heterocycles. The standard InChI is InChI=1S/C17H18N2OS/c1-13(16-9-6-10-21-16)19(2)11-15-12-20-17(18-15)14-7-4-3-5-8-14/h3-10,12-13H,11H2,1-2H3. The fraction of sp³-hybridized carbons (Fsp3) is 0.235. The Morgan fingerprint density at radius 2 is 2.00 bits per heavy atom. The Hall–Kier alpha value is -1.91. The van der Waals surface area contributed by atoms with Crippen LogP contribution in [0.15, 0.2) is 58.5 Å². The normalized spacial score (nSPS) is 12.7. The highest BCUT2D eigenvalue weighted by molar-refractivity contribution is 7.10. The number of thiophene rings is 1. The van der Waals surface area contributed by atoms with Crippen LogP contribution >= 0.6 is 11.3 Å². The first-order valence-electron chi connectivity index (χ1n) is 6.97. The van der Waals surface area contributed by atoms with Gasteiger partial charge in [-0.25, -0.2) is 4.98 Å². The molecule has 3 aromatic rings. The molecule has 1 atom stereocenters. The molecule has 21 heavy (non-hydrogen) atoms. The van der Waals surface area contributed by atoms with E-state index in [9.17, 15) is 0 Å². The van der Waals surface area contributed by atoms with Crippen molar-refractivity contribution in [1.29, 1.82) is 0 Å². The predicted octanol–water partition coefficient (Wildman–Crippen LogP) is 4.60. The highest BCUT2D eigenvalue weighted by Crippen LogP contribution is 2.25. The van der Waals surface area contributed by atoms with E-state index in [2.05, 4.69) is 41.4 Å².